The van der Waals surface area contributed by atoms with Gasteiger partial charge in [-0.05, 0) is 48.4 Å². The summed E-state index contributed by atoms with van der Waals surface area (Å²) in [7, 11) is -3.53. The molecule has 1 aliphatic rings. The predicted octanol–water partition coefficient (Wildman–Crippen LogP) is 5.06. The molecule has 0 atom stereocenters. The van der Waals surface area contributed by atoms with Gasteiger partial charge in [-0.1, -0.05) is 84.1 Å². The van der Waals surface area contributed by atoms with Crippen LogP contribution in [-0.4, -0.2) is 25.8 Å². The van der Waals surface area contributed by atoms with Gasteiger partial charge < -0.3 is 0 Å². The first-order chi connectivity index (χ1) is 15.0. The van der Waals surface area contributed by atoms with Gasteiger partial charge in [0.25, 0.3) is 0 Å². The highest BCUT2D eigenvalue weighted by Gasteiger charge is 2.27. The van der Waals surface area contributed by atoms with E-state index in [1.165, 1.54) is 4.31 Å². The van der Waals surface area contributed by atoms with Crippen LogP contribution in [0.2, 0.25) is 0 Å². The number of hydrogen-bond acceptors (Lipinski definition) is 2. The molecule has 0 aromatic heterocycles. The van der Waals surface area contributed by atoms with Crippen molar-refractivity contribution in [1.82, 2.24) is 4.31 Å². The van der Waals surface area contributed by atoms with Crippen LogP contribution in [0.3, 0.4) is 0 Å². The fourth-order valence-corrected chi connectivity index (χ4v) is 4.72. The summed E-state index contributed by atoms with van der Waals surface area (Å²) in [5.41, 5.74) is 4.79. The van der Waals surface area contributed by atoms with E-state index in [1.807, 2.05) is 91.9 Å². The van der Waals surface area contributed by atoms with Crippen LogP contribution >= 0.6 is 0 Å². The number of benzene rings is 3. The Balaban J connectivity index is 1.60. The molecule has 154 valence electrons. The Morgan fingerprint density at radius 1 is 0.903 bits per heavy atom. The Hall–Kier alpha value is -3.39. The summed E-state index contributed by atoms with van der Waals surface area (Å²) in [6.45, 7) is 2.63. The maximum Gasteiger partial charge on any atom is 0.243 e. The molecular formula is C27H23NO2S. The third kappa shape index (κ3) is 5.03. The van der Waals surface area contributed by atoms with Crippen molar-refractivity contribution in [3.8, 4) is 11.8 Å². The normalized spacial score (nSPS) is 14.6. The van der Waals surface area contributed by atoms with Gasteiger partial charge in [0.15, 0.2) is 0 Å². The zero-order valence-electron chi connectivity index (χ0n) is 17.3. The first-order valence-electron chi connectivity index (χ1n) is 10.1. The van der Waals surface area contributed by atoms with Gasteiger partial charge in [0.05, 0.1) is 4.90 Å². The number of nitrogens with zero attached hydrogens (tertiary/aromatic N) is 1. The molecule has 3 nitrogen and oxygen atoms in total. The molecule has 0 unspecified atom stereocenters. The summed E-state index contributed by atoms with van der Waals surface area (Å²) in [5.74, 6) is 6.49. The molecular weight excluding hydrogens is 402 g/mol. The van der Waals surface area contributed by atoms with Gasteiger partial charge in [0, 0.05) is 24.2 Å². The monoisotopic (exact) mass is 425 g/mol. The van der Waals surface area contributed by atoms with Crippen molar-refractivity contribution < 1.29 is 8.42 Å². The van der Waals surface area contributed by atoms with Gasteiger partial charge in [-0.2, -0.15) is 4.31 Å². The van der Waals surface area contributed by atoms with Crippen molar-refractivity contribution in [3.05, 3.63) is 119 Å². The second-order valence-corrected chi connectivity index (χ2v) is 9.37. The lowest BCUT2D eigenvalue weighted by molar-refractivity contribution is 0.485. The minimum atomic E-state index is -3.53. The molecule has 0 radical (unpaired) electrons. The first kappa shape index (κ1) is 20.9. The lowest BCUT2D eigenvalue weighted by atomic mass is 10.0. The molecule has 0 aliphatic carbocycles. The van der Waals surface area contributed by atoms with E-state index >= 15 is 0 Å². The Morgan fingerprint density at radius 3 is 2.23 bits per heavy atom. The van der Waals surface area contributed by atoms with Crippen molar-refractivity contribution in [1.29, 1.82) is 0 Å². The number of rotatable bonds is 4. The third-order valence-corrected chi connectivity index (χ3v) is 6.93. The Labute approximate surface area is 184 Å². The number of sulfonamides is 1. The lowest BCUT2D eigenvalue weighted by Gasteiger charge is -2.16. The molecule has 0 bridgehead atoms. The lowest BCUT2D eigenvalue weighted by Crippen LogP contribution is -2.29. The number of aryl methyl sites for hydroxylation is 1. The molecule has 0 saturated carbocycles. The molecule has 3 aromatic carbocycles. The number of allylic oxidation sites excluding steroid dienone is 1. The quantitative estimate of drug-likeness (QED) is 0.548. The van der Waals surface area contributed by atoms with E-state index in [0.29, 0.717) is 18.0 Å². The molecule has 0 spiro atoms. The molecule has 4 rings (SSSR count). The fraction of sp³-hybridized carbons (Fsp3) is 0.111. The second kappa shape index (κ2) is 9.18. The Bertz CT molecular complexity index is 1280. The topological polar surface area (TPSA) is 37.4 Å². The molecule has 31 heavy (non-hydrogen) atoms. The largest absolute Gasteiger partial charge is 0.243 e. The van der Waals surface area contributed by atoms with Crippen LogP contribution in [0.4, 0.5) is 0 Å². The van der Waals surface area contributed by atoms with Crippen LogP contribution in [0.15, 0.2) is 108 Å². The van der Waals surface area contributed by atoms with Gasteiger partial charge >= 0.3 is 0 Å². The van der Waals surface area contributed by atoms with Gasteiger partial charge in [-0.25, -0.2) is 8.42 Å². The minimum Gasteiger partial charge on any atom is -0.207 e. The molecule has 0 fully saturated rings. The van der Waals surface area contributed by atoms with Gasteiger partial charge in [0.2, 0.25) is 10.0 Å². The van der Waals surface area contributed by atoms with Gasteiger partial charge in [-0.15, -0.1) is 0 Å². The highest BCUT2D eigenvalue weighted by atomic mass is 32.2. The molecule has 4 heteroatoms. The molecule has 1 heterocycles. The smallest absolute Gasteiger partial charge is 0.207 e. The van der Waals surface area contributed by atoms with E-state index in [0.717, 1.165) is 27.8 Å². The van der Waals surface area contributed by atoms with Gasteiger partial charge in [-0.3, -0.25) is 0 Å². The molecule has 0 N–H and O–H groups in total. The van der Waals surface area contributed by atoms with Gasteiger partial charge in [0.1, 0.15) is 0 Å². The highest BCUT2D eigenvalue weighted by Crippen LogP contribution is 2.24. The van der Waals surface area contributed by atoms with Crippen LogP contribution in [0, 0.1) is 18.8 Å². The molecule has 1 aliphatic heterocycles. The first-order valence-corrected chi connectivity index (χ1v) is 11.6. The second-order valence-electron chi connectivity index (χ2n) is 7.43. The third-order valence-electron chi connectivity index (χ3n) is 5.10. The molecule has 0 amide bonds. The Kier molecular flexibility index (Phi) is 6.18. The zero-order chi connectivity index (χ0) is 21.7. The standard InChI is InChI=1S/C27H23NO2S/c1-22-12-16-27(17-13-22)31(29,30)28-19-18-24(21-28)20-26(25-10-6-3-7-11-25)15-14-23-8-4-2-5-9-23/h2-13,16-18,20H,19,21H2,1H3/b26-20-. The summed E-state index contributed by atoms with van der Waals surface area (Å²) in [5, 5.41) is 0. The van der Waals surface area contributed by atoms with E-state index in [1.54, 1.807) is 12.1 Å². The SMILES string of the molecule is Cc1ccc(S(=O)(=O)N2CC=C(/C=C(/C#Cc3ccccc3)c3ccccc3)C2)cc1. The average Bonchev–Trinajstić information content (AvgIpc) is 3.28. The summed E-state index contributed by atoms with van der Waals surface area (Å²) in [4.78, 5) is 0.323. The predicted molar refractivity (Wildman–Crippen MR) is 126 cm³/mol. The maximum absolute atomic E-state index is 13.0. The zero-order valence-corrected chi connectivity index (χ0v) is 18.1. The summed E-state index contributed by atoms with van der Waals surface area (Å²) < 4.78 is 27.5. The van der Waals surface area contributed by atoms with E-state index in [4.69, 9.17) is 0 Å². The summed E-state index contributed by atoms with van der Waals surface area (Å²) >= 11 is 0. The fourth-order valence-electron chi connectivity index (χ4n) is 3.35. The molecule has 0 saturated heterocycles. The van der Waals surface area contributed by atoms with E-state index < -0.39 is 10.0 Å². The van der Waals surface area contributed by atoms with Crippen molar-refractivity contribution >= 4 is 15.6 Å². The minimum absolute atomic E-state index is 0.323. The van der Waals surface area contributed by atoms with Crippen LogP contribution < -0.4 is 0 Å². The van der Waals surface area contributed by atoms with E-state index in [-0.39, 0.29) is 0 Å². The van der Waals surface area contributed by atoms with Crippen molar-refractivity contribution in [2.24, 2.45) is 0 Å². The maximum atomic E-state index is 13.0. The summed E-state index contributed by atoms with van der Waals surface area (Å²) in [6, 6.07) is 26.8. The Morgan fingerprint density at radius 2 is 1.55 bits per heavy atom. The van der Waals surface area contributed by atoms with Crippen molar-refractivity contribution in [2.75, 3.05) is 13.1 Å². The van der Waals surface area contributed by atoms with Crippen LogP contribution in [-0.2, 0) is 10.0 Å². The summed E-state index contributed by atoms with van der Waals surface area (Å²) in [6.07, 6.45) is 3.95. The average molecular weight is 426 g/mol. The van der Waals surface area contributed by atoms with E-state index in [9.17, 15) is 8.42 Å². The highest BCUT2D eigenvalue weighted by molar-refractivity contribution is 7.89. The van der Waals surface area contributed by atoms with Crippen LogP contribution in [0.25, 0.3) is 5.57 Å². The number of hydrogen-bond donors (Lipinski definition) is 0. The van der Waals surface area contributed by atoms with Crippen molar-refractivity contribution in [2.45, 2.75) is 11.8 Å². The van der Waals surface area contributed by atoms with Crippen LogP contribution in [0.5, 0.6) is 0 Å². The van der Waals surface area contributed by atoms with E-state index in [2.05, 4.69) is 11.8 Å². The molecule has 3 aromatic rings. The van der Waals surface area contributed by atoms with Crippen LogP contribution in [0.1, 0.15) is 16.7 Å². The van der Waals surface area contributed by atoms with Crippen molar-refractivity contribution in [3.63, 3.8) is 0 Å².